The van der Waals surface area contributed by atoms with Crippen molar-refractivity contribution in [1.82, 2.24) is 0 Å². The van der Waals surface area contributed by atoms with Crippen LogP contribution in [-0.2, 0) is 0 Å². The number of hydrogen-bond donors (Lipinski definition) is 1. The number of anilines is 1. The van der Waals surface area contributed by atoms with Crippen molar-refractivity contribution < 1.29 is 4.39 Å². The minimum absolute atomic E-state index is 0.216. The van der Waals surface area contributed by atoms with Crippen molar-refractivity contribution >= 4 is 5.69 Å². The van der Waals surface area contributed by atoms with Crippen LogP contribution in [0.25, 0.3) is 11.1 Å². The van der Waals surface area contributed by atoms with Gasteiger partial charge in [0.05, 0.1) is 0 Å². The molecule has 0 saturated carbocycles. The molecular formula is C14H13FN. The molecule has 1 radical (unpaired) electrons. The standard InChI is InChI=1S/C14H13FN/c1-2-16-14-6-4-3-5-13(14)11-7-9-12(15)10-8-11/h3-10,16H,1-2H2. The van der Waals surface area contributed by atoms with Crippen LogP contribution in [0.2, 0.25) is 0 Å². The van der Waals surface area contributed by atoms with Crippen molar-refractivity contribution in [3.63, 3.8) is 0 Å². The van der Waals surface area contributed by atoms with E-state index in [1.165, 1.54) is 12.1 Å². The Morgan fingerprint density at radius 2 is 1.69 bits per heavy atom. The van der Waals surface area contributed by atoms with Crippen LogP contribution in [0.3, 0.4) is 0 Å². The maximum absolute atomic E-state index is 12.8. The minimum Gasteiger partial charge on any atom is -0.385 e. The third kappa shape index (κ3) is 2.22. The van der Waals surface area contributed by atoms with Gasteiger partial charge in [-0.2, -0.15) is 0 Å². The van der Waals surface area contributed by atoms with Gasteiger partial charge in [0.25, 0.3) is 0 Å². The highest BCUT2D eigenvalue weighted by molar-refractivity contribution is 5.77. The summed E-state index contributed by atoms with van der Waals surface area (Å²) in [5, 5.41) is 3.18. The van der Waals surface area contributed by atoms with Crippen LogP contribution in [0.5, 0.6) is 0 Å². The molecule has 2 aromatic carbocycles. The Hall–Kier alpha value is -1.83. The van der Waals surface area contributed by atoms with Crippen LogP contribution >= 0.6 is 0 Å². The molecule has 0 aliphatic heterocycles. The lowest BCUT2D eigenvalue weighted by Crippen LogP contribution is -1.98. The molecule has 0 saturated heterocycles. The molecule has 81 valence electrons. The SMILES string of the molecule is [CH2]CNc1ccccc1-c1ccc(F)cc1. The topological polar surface area (TPSA) is 12.0 Å². The van der Waals surface area contributed by atoms with Gasteiger partial charge in [-0.1, -0.05) is 30.3 Å². The molecule has 0 atom stereocenters. The van der Waals surface area contributed by atoms with E-state index in [0.717, 1.165) is 16.8 Å². The summed E-state index contributed by atoms with van der Waals surface area (Å²) in [5.74, 6) is -0.216. The second-order valence-electron chi connectivity index (χ2n) is 3.48. The molecule has 0 unspecified atom stereocenters. The van der Waals surface area contributed by atoms with Gasteiger partial charge in [-0.3, -0.25) is 0 Å². The van der Waals surface area contributed by atoms with E-state index in [1.807, 2.05) is 24.3 Å². The van der Waals surface area contributed by atoms with E-state index in [1.54, 1.807) is 12.1 Å². The summed E-state index contributed by atoms with van der Waals surface area (Å²) in [7, 11) is 0. The molecule has 0 aliphatic carbocycles. The predicted octanol–water partition coefficient (Wildman–Crippen LogP) is 3.74. The van der Waals surface area contributed by atoms with E-state index in [9.17, 15) is 4.39 Å². The van der Waals surface area contributed by atoms with Crippen molar-refractivity contribution in [1.29, 1.82) is 0 Å². The van der Waals surface area contributed by atoms with Crippen LogP contribution in [0.1, 0.15) is 0 Å². The number of rotatable bonds is 3. The van der Waals surface area contributed by atoms with Crippen LogP contribution in [0.15, 0.2) is 48.5 Å². The Labute approximate surface area is 94.9 Å². The summed E-state index contributed by atoms with van der Waals surface area (Å²) in [6, 6.07) is 14.4. The van der Waals surface area contributed by atoms with Gasteiger partial charge < -0.3 is 5.32 Å². The quantitative estimate of drug-likeness (QED) is 0.820. The molecule has 1 N–H and O–H groups in total. The Kier molecular flexibility index (Phi) is 3.20. The summed E-state index contributed by atoms with van der Waals surface area (Å²) < 4.78 is 12.8. The molecule has 2 rings (SSSR count). The second-order valence-corrected chi connectivity index (χ2v) is 3.48. The summed E-state index contributed by atoms with van der Waals surface area (Å²) in [5.41, 5.74) is 3.08. The smallest absolute Gasteiger partial charge is 0.123 e. The highest BCUT2D eigenvalue weighted by Crippen LogP contribution is 2.27. The van der Waals surface area contributed by atoms with Crippen LogP contribution in [0, 0.1) is 12.7 Å². The molecular weight excluding hydrogens is 201 g/mol. The summed E-state index contributed by atoms with van der Waals surface area (Å²) in [6.07, 6.45) is 0. The fourth-order valence-corrected chi connectivity index (χ4v) is 1.65. The summed E-state index contributed by atoms with van der Waals surface area (Å²) in [6.45, 7) is 4.38. The highest BCUT2D eigenvalue weighted by atomic mass is 19.1. The molecule has 0 aromatic heterocycles. The first-order valence-electron chi connectivity index (χ1n) is 5.19. The Morgan fingerprint density at radius 1 is 1.00 bits per heavy atom. The van der Waals surface area contributed by atoms with Gasteiger partial charge in [0.2, 0.25) is 0 Å². The average Bonchev–Trinajstić information content (AvgIpc) is 2.32. The zero-order valence-corrected chi connectivity index (χ0v) is 8.91. The lowest BCUT2D eigenvalue weighted by Gasteiger charge is -2.10. The average molecular weight is 214 g/mol. The number of para-hydroxylation sites is 1. The molecule has 16 heavy (non-hydrogen) atoms. The first kappa shape index (κ1) is 10.7. The number of benzene rings is 2. The van der Waals surface area contributed by atoms with E-state index in [4.69, 9.17) is 0 Å². The molecule has 0 spiro atoms. The molecule has 2 aromatic rings. The first-order valence-corrected chi connectivity index (χ1v) is 5.19. The van der Waals surface area contributed by atoms with E-state index >= 15 is 0 Å². The van der Waals surface area contributed by atoms with Crippen molar-refractivity contribution in [3.05, 3.63) is 61.3 Å². The normalized spacial score (nSPS) is 10.1. The minimum atomic E-state index is -0.216. The van der Waals surface area contributed by atoms with Crippen LogP contribution in [0.4, 0.5) is 10.1 Å². The molecule has 1 nitrogen and oxygen atoms in total. The van der Waals surface area contributed by atoms with Crippen molar-refractivity contribution in [2.75, 3.05) is 11.9 Å². The highest BCUT2D eigenvalue weighted by Gasteiger charge is 2.03. The van der Waals surface area contributed by atoms with Crippen LogP contribution < -0.4 is 5.32 Å². The van der Waals surface area contributed by atoms with Gasteiger partial charge in [0, 0.05) is 17.8 Å². The van der Waals surface area contributed by atoms with Crippen molar-refractivity contribution in [3.8, 4) is 11.1 Å². The zero-order valence-electron chi connectivity index (χ0n) is 8.91. The molecule has 0 aliphatic rings. The van der Waals surface area contributed by atoms with Gasteiger partial charge in [0.1, 0.15) is 5.82 Å². The number of halogens is 1. The number of nitrogens with one attached hydrogen (secondary N) is 1. The molecule has 0 fully saturated rings. The zero-order chi connectivity index (χ0) is 11.4. The van der Waals surface area contributed by atoms with Crippen LogP contribution in [-0.4, -0.2) is 6.54 Å². The van der Waals surface area contributed by atoms with Gasteiger partial charge in [-0.15, -0.1) is 0 Å². The Balaban J connectivity index is 2.42. The van der Waals surface area contributed by atoms with E-state index in [-0.39, 0.29) is 5.82 Å². The fourth-order valence-electron chi connectivity index (χ4n) is 1.65. The third-order valence-corrected chi connectivity index (χ3v) is 2.40. The fraction of sp³-hybridized carbons (Fsp3) is 0.0714. The second kappa shape index (κ2) is 4.79. The van der Waals surface area contributed by atoms with E-state index in [2.05, 4.69) is 12.2 Å². The third-order valence-electron chi connectivity index (χ3n) is 2.40. The van der Waals surface area contributed by atoms with E-state index < -0.39 is 0 Å². The lowest BCUT2D eigenvalue weighted by molar-refractivity contribution is 0.628. The predicted molar refractivity (Wildman–Crippen MR) is 65.7 cm³/mol. The Morgan fingerprint density at radius 3 is 2.38 bits per heavy atom. The molecule has 0 bridgehead atoms. The van der Waals surface area contributed by atoms with Crippen molar-refractivity contribution in [2.45, 2.75) is 0 Å². The summed E-state index contributed by atoms with van der Waals surface area (Å²) >= 11 is 0. The molecule has 2 heteroatoms. The van der Waals surface area contributed by atoms with Gasteiger partial charge >= 0.3 is 0 Å². The Bertz CT molecular complexity index is 462. The first-order chi connectivity index (χ1) is 7.81. The van der Waals surface area contributed by atoms with Gasteiger partial charge in [0.15, 0.2) is 0 Å². The maximum atomic E-state index is 12.8. The number of hydrogen-bond acceptors (Lipinski definition) is 1. The van der Waals surface area contributed by atoms with Gasteiger partial charge in [-0.05, 0) is 30.7 Å². The van der Waals surface area contributed by atoms with Crippen molar-refractivity contribution in [2.24, 2.45) is 0 Å². The maximum Gasteiger partial charge on any atom is 0.123 e. The molecule has 0 heterocycles. The lowest BCUT2D eigenvalue weighted by atomic mass is 10.0. The van der Waals surface area contributed by atoms with E-state index in [0.29, 0.717) is 6.54 Å². The van der Waals surface area contributed by atoms with Gasteiger partial charge in [-0.25, -0.2) is 4.39 Å². The summed E-state index contributed by atoms with van der Waals surface area (Å²) in [4.78, 5) is 0. The molecule has 0 amide bonds. The largest absolute Gasteiger partial charge is 0.385 e. The monoisotopic (exact) mass is 214 g/mol.